The summed E-state index contributed by atoms with van der Waals surface area (Å²) in [6.45, 7) is 7.51. The Morgan fingerprint density at radius 3 is 2.38 bits per heavy atom. The number of carbonyl (C=O) groups is 2. The van der Waals surface area contributed by atoms with Gasteiger partial charge in [-0.25, -0.2) is 0 Å². The van der Waals surface area contributed by atoms with Gasteiger partial charge in [-0.05, 0) is 86.9 Å². The highest BCUT2D eigenvalue weighted by atomic mass is 16.2. The molecule has 2 saturated carbocycles. The molecule has 2 aromatic rings. The van der Waals surface area contributed by atoms with E-state index in [-0.39, 0.29) is 40.8 Å². The lowest BCUT2D eigenvalue weighted by molar-refractivity contribution is -0.124. The fraction of sp³-hybridized carbons (Fsp3) is 0.476. The predicted molar refractivity (Wildman–Crippen MR) is 186 cm³/mol. The molecule has 6 fully saturated rings. The van der Waals surface area contributed by atoms with E-state index in [2.05, 4.69) is 106 Å². The van der Waals surface area contributed by atoms with Crippen LogP contribution in [0.5, 0.6) is 0 Å². The Labute approximate surface area is 282 Å². The van der Waals surface area contributed by atoms with Crippen LogP contribution < -0.4 is 9.80 Å². The number of allylic oxidation sites excluding steroid dienone is 2. The minimum absolute atomic E-state index is 0.00937. The molecule has 8 aliphatic heterocycles. The highest BCUT2D eigenvalue weighted by molar-refractivity contribution is 6.06. The first-order valence-corrected chi connectivity index (χ1v) is 18.6. The highest BCUT2D eigenvalue weighted by Gasteiger charge is 2.73. The van der Waals surface area contributed by atoms with Gasteiger partial charge in [-0.1, -0.05) is 71.8 Å². The van der Waals surface area contributed by atoms with Crippen molar-refractivity contribution in [3.05, 3.63) is 107 Å². The van der Waals surface area contributed by atoms with Gasteiger partial charge < -0.3 is 9.80 Å². The third-order valence-electron chi connectivity index (χ3n) is 15.6. The molecule has 4 bridgehead atoms. The molecule has 6 heteroatoms. The van der Waals surface area contributed by atoms with E-state index in [1.165, 1.54) is 28.0 Å². The molecule has 0 radical (unpaired) electrons. The summed E-state index contributed by atoms with van der Waals surface area (Å²) in [6.07, 6.45) is 15.7. The Kier molecular flexibility index (Phi) is 4.91. The molecule has 4 saturated heterocycles. The van der Waals surface area contributed by atoms with Crippen LogP contribution in [-0.2, 0) is 20.4 Å². The molecule has 6 nitrogen and oxygen atoms in total. The van der Waals surface area contributed by atoms with Gasteiger partial charge in [-0.2, -0.15) is 0 Å². The van der Waals surface area contributed by atoms with Crippen LogP contribution in [0, 0.1) is 23.7 Å². The van der Waals surface area contributed by atoms with E-state index < -0.39 is 0 Å². The first-order valence-electron chi connectivity index (χ1n) is 18.6. The molecule has 2 aliphatic carbocycles. The van der Waals surface area contributed by atoms with Crippen LogP contribution in [0.25, 0.3) is 0 Å². The number of hydrogen-bond donors (Lipinski definition) is 0. The number of benzene rings is 2. The highest BCUT2D eigenvalue weighted by Crippen LogP contribution is 2.68. The lowest BCUT2D eigenvalue weighted by atomic mass is 9.54. The van der Waals surface area contributed by atoms with Gasteiger partial charge in [0.25, 0.3) is 5.91 Å². The van der Waals surface area contributed by atoms with Gasteiger partial charge in [0.15, 0.2) is 0 Å². The lowest BCUT2D eigenvalue weighted by Gasteiger charge is -2.57. The summed E-state index contributed by atoms with van der Waals surface area (Å²) in [5.74, 6) is 1.35. The zero-order chi connectivity index (χ0) is 31.8. The van der Waals surface area contributed by atoms with Gasteiger partial charge in [0.2, 0.25) is 5.91 Å². The summed E-state index contributed by atoms with van der Waals surface area (Å²) in [7, 11) is 0. The number of anilines is 2. The Morgan fingerprint density at radius 1 is 0.833 bits per heavy atom. The molecular formula is C42H42N4O2. The van der Waals surface area contributed by atoms with E-state index in [1.807, 2.05) is 6.08 Å². The van der Waals surface area contributed by atoms with Gasteiger partial charge in [0.1, 0.15) is 0 Å². The monoisotopic (exact) mass is 634 g/mol. The Morgan fingerprint density at radius 2 is 1.58 bits per heavy atom. The van der Waals surface area contributed by atoms with Crippen LogP contribution in [-0.4, -0.2) is 71.5 Å². The van der Waals surface area contributed by atoms with E-state index in [0.717, 1.165) is 51.0 Å². The number of rotatable bonds is 1. The number of piperidine rings is 2. The average molecular weight is 635 g/mol. The van der Waals surface area contributed by atoms with Crippen molar-refractivity contribution in [2.45, 2.75) is 80.6 Å². The van der Waals surface area contributed by atoms with Crippen molar-refractivity contribution in [1.82, 2.24) is 9.80 Å². The number of hydrogen-bond acceptors (Lipinski definition) is 4. The normalized spacial score (nSPS) is 45.5. The summed E-state index contributed by atoms with van der Waals surface area (Å²) in [5, 5.41) is 0. The first kappa shape index (κ1) is 27.1. The zero-order valence-electron chi connectivity index (χ0n) is 27.8. The van der Waals surface area contributed by atoms with Crippen molar-refractivity contribution in [2.75, 3.05) is 29.4 Å². The second-order valence-corrected chi connectivity index (χ2v) is 16.6. The van der Waals surface area contributed by atoms with E-state index in [9.17, 15) is 4.79 Å². The second-order valence-electron chi connectivity index (χ2n) is 16.6. The number of amides is 2. The molecule has 11 atom stereocenters. The minimum atomic E-state index is -0.210. The van der Waals surface area contributed by atoms with Gasteiger partial charge in [0.05, 0.1) is 18.0 Å². The maximum Gasteiger partial charge on any atom is 0.250 e. The minimum Gasteiger partial charge on any atom is -0.304 e. The smallest absolute Gasteiger partial charge is 0.250 e. The Bertz CT molecular complexity index is 2010. The van der Waals surface area contributed by atoms with Gasteiger partial charge in [-0.3, -0.25) is 19.4 Å². The standard InChI is InChI=1S/C42H42N4O2/c1-3-23-21-43-16-15-41-30-9-5-8-12-33(30)46-39(41)28(27(23)18-35(41)43)17-29(40(46)48)34-20-42-31-10-6-7-11-32(31)45-37(47)14-13-25(38(42)45)26-19-36(42)44(34)22-24(26)4-2/h3-14,17,25-27,29,34-36,38-39H,15-16,18-22H2,1-2H3. The summed E-state index contributed by atoms with van der Waals surface area (Å²) >= 11 is 0. The first-order chi connectivity index (χ1) is 23.5. The quantitative estimate of drug-likeness (QED) is 0.389. The summed E-state index contributed by atoms with van der Waals surface area (Å²) in [6, 6.07) is 18.8. The molecule has 2 amide bonds. The molecule has 2 aromatic carbocycles. The van der Waals surface area contributed by atoms with Crippen LogP contribution in [0.1, 0.15) is 50.7 Å². The lowest BCUT2D eigenvalue weighted by Crippen LogP contribution is -2.66. The van der Waals surface area contributed by atoms with E-state index in [4.69, 9.17) is 0 Å². The summed E-state index contributed by atoms with van der Waals surface area (Å²) < 4.78 is 0. The number of carbonyl (C=O) groups excluding carboxylic acids is 2. The predicted octanol–water partition coefficient (Wildman–Crippen LogP) is 5.51. The van der Waals surface area contributed by atoms with Crippen LogP contribution in [0.2, 0.25) is 0 Å². The number of para-hydroxylation sites is 2. The van der Waals surface area contributed by atoms with Gasteiger partial charge in [0, 0.05) is 65.3 Å². The Hall–Kier alpha value is -3.74. The number of fused-ring (bicyclic) bond motifs is 8. The van der Waals surface area contributed by atoms with E-state index >= 15 is 4.79 Å². The van der Waals surface area contributed by atoms with E-state index in [1.54, 1.807) is 5.57 Å². The van der Waals surface area contributed by atoms with Crippen LogP contribution >= 0.6 is 0 Å². The SMILES string of the molecule is CC=C1CN2CCC34c5ccccc5N5C(=O)C(C6CC78c9ccccc9N9C(=O)C=CC(C%10CC7N6CC%10=CC)C98)C=C(C1CC23)C54. The molecule has 0 aromatic heterocycles. The molecule has 10 aliphatic rings. The molecule has 8 heterocycles. The largest absolute Gasteiger partial charge is 0.304 e. The maximum absolute atomic E-state index is 15.5. The van der Waals surface area contributed by atoms with Gasteiger partial charge >= 0.3 is 0 Å². The molecule has 11 unspecified atom stereocenters. The van der Waals surface area contributed by atoms with Crippen molar-refractivity contribution >= 4 is 23.2 Å². The summed E-state index contributed by atoms with van der Waals surface area (Å²) in [5.41, 5.74) is 9.39. The Balaban J connectivity index is 1.07. The summed E-state index contributed by atoms with van der Waals surface area (Å²) in [4.78, 5) is 39.2. The van der Waals surface area contributed by atoms with Crippen molar-refractivity contribution in [1.29, 1.82) is 0 Å². The molecule has 48 heavy (non-hydrogen) atoms. The second kappa shape index (κ2) is 8.70. The number of nitrogens with zero attached hydrogens (tertiary/aromatic N) is 4. The van der Waals surface area contributed by atoms with Crippen molar-refractivity contribution in [3.63, 3.8) is 0 Å². The topological polar surface area (TPSA) is 47.1 Å². The van der Waals surface area contributed by atoms with Crippen LogP contribution in [0.15, 0.2) is 95.6 Å². The fourth-order valence-corrected chi connectivity index (χ4v) is 14.1. The van der Waals surface area contributed by atoms with Crippen LogP contribution in [0.3, 0.4) is 0 Å². The fourth-order valence-electron chi connectivity index (χ4n) is 14.1. The van der Waals surface area contributed by atoms with E-state index in [0.29, 0.717) is 35.7 Å². The molecule has 242 valence electrons. The third kappa shape index (κ3) is 2.73. The van der Waals surface area contributed by atoms with Gasteiger partial charge in [-0.15, -0.1) is 0 Å². The average Bonchev–Trinajstić information content (AvgIpc) is 3.85. The zero-order valence-corrected chi connectivity index (χ0v) is 27.8. The molecule has 2 spiro atoms. The van der Waals surface area contributed by atoms with Crippen molar-refractivity contribution in [2.24, 2.45) is 23.7 Å². The van der Waals surface area contributed by atoms with Crippen LogP contribution in [0.4, 0.5) is 11.4 Å². The third-order valence-corrected chi connectivity index (χ3v) is 15.6. The molecule has 12 rings (SSSR count). The van der Waals surface area contributed by atoms with Crippen molar-refractivity contribution in [3.8, 4) is 0 Å². The molecular weight excluding hydrogens is 592 g/mol. The van der Waals surface area contributed by atoms with Crippen molar-refractivity contribution < 1.29 is 9.59 Å². The maximum atomic E-state index is 15.5. The molecule has 0 N–H and O–H groups in total.